The standard InChI is InChI=1S/C21H19NO/c1-14-3-7-16(8-4-14)20-18(13-23)11-12-19(22)21(20)17-9-5-15(2)6-10-17/h3-13H,22H2,1-2H3. The van der Waals surface area contributed by atoms with Crippen molar-refractivity contribution in [3.63, 3.8) is 0 Å². The average Bonchev–Trinajstić information content (AvgIpc) is 2.56. The Balaban J connectivity index is 2.31. The molecule has 0 fully saturated rings. The molecule has 0 unspecified atom stereocenters. The van der Waals surface area contributed by atoms with Crippen molar-refractivity contribution in [2.75, 3.05) is 5.73 Å². The van der Waals surface area contributed by atoms with Crippen LogP contribution in [0.3, 0.4) is 0 Å². The lowest BCUT2D eigenvalue weighted by Crippen LogP contribution is -1.98. The topological polar surface area (TPSA) is 43.1 Å². The Bertz CT molecular complexity index is 846. The van der Waals surface area contributed by atoms with E-state index in [2.05, 4.69) is 19.1 Å². The summed E-state index contributed by atoms with van der Waals surface area (Å²) in [6.45, 7) is 4.10. The summed E-state index contributed by atoms with van der Waals surface area (Å²) in [5, 5.41) is 0. The molecule has 0 radical (unpaired) electrons. The van der Waals surface area contributed by atoms with Crippen LogP contribution in [0.2, 0.25) is 0 Å². The number of carbonyl (C=O) groups is 1. The third-order valence-electron chi connectivity index (χ3n) is 4.08. The van der Waals surface area contributed by atoms with E-state index in [1.165, 1.54) is 11.1 Å². The van der Waals surface area contributed by atoms with Gasteiger partial charge in [-0.05, 0) is 37.1 Å². The van der Waals surface area contributed by atoms with Crippen molar-refractivity contribution >= 4 is 12.0 Å². The minimum atomic E-state index is 0.652. The molecule has 3 rings (SSSR count). The molecule has 0 amide bonds. The highest BCUT2D eigenvalue weighted by molar-refractivity contribution is 6.00. The monoisotopic (exact) mass is 301 g/mol. The van der Waals surface area contributed by atoms with Gasteiger partial charge in [-0.15, -0.1) is 0 Å². The predicted octanol–water partition coefficient (Wildman–Crippen LogP) is 5.03. The zero-order valence-electron chi connectivity index (χ0n) is 13.3. The second-order valence-corrected chi connectivity index (χ2v) is 5.84. The molecule has 0 saturated carbocycles. The number of nitrogens with two attached hydrogens (primary N) is 1. The van der Waals surface area contributed by atoms with Gasteiger partial charge < -0.3 is 5.73 Å². The zero-order valence-corrected chi connectivity index (χ0v) is 13.3. The van der Waals surface area contributed by atoms with Crippen LogP contribution in [0.1, 0.15) is 21.5 Å². The number of rotatable bonds is 3. The normalized spacial score (nSPS) is 10.5. The van der Waals surface area contributed by atoms with Crippen LogP contribution in [0.25, 0.3) is 22.3 Å². The summed E-state index contributed by atoms with van der Waals surface area (Å²) in [5.41, 5.74) is 13.8. The van der Waals surface area contributed by atoms with Gasteiger partial charge in [-0.2, -0.15) is 0 Å². The maximum Gasteiger partial charge on any atom is 0.150 e. The second-order valence-electron chi connectivity index (χ2n) is 5.84. The Morgan fingerprint density at radius 3 is 1.65 bits per heavy atom. The van der Waals surface area contributed by atoms with Gasteiger partial charge in [0.1, 0.15) is 0 Å². The summed E-state index contributed by atoms with van der Waals surface area (Å²) < 4.78 is 0. The second kappa shape index (κ2) is 6.09. The minimum absolute atomic E-state index is 0.652. The van der Waals surface area contributed by atoms with Crippen LogP contribution < -0.4 is 5.73 Å². The van der Waals surface area contributed by atoms with Crippen LogP contribution in [-0.2, 0) is 0 Å². The summed E-state index contributed by atoms with van der Waals surface area (Å²) in [6, 6.07) is 20.0. The molecular weight excluding hydrogens is 282 g/mol. The number of anilines is 1. The van der Waals surface area contributed by atoms with Gasteiger partial charge in [-0.3, -0.25) is 4.79 Å². The van der Waals surface area contributed by atoms with Crippen LogP contribution in [0.5, 0.6) is 0 Å². The molecule has 0 atom stereocenters. The van der Waals surface area contributed by atoms with Crippen LogP contribution in [0.15, 0.2) is 60.7 Å². The van der Waals surface area contributed by atoms with Crippen molar-refractivity contribution in [3.8, 4) is 22.3 Å². The van der Waals surface area contributed by atoms with Gasteiger partial charge in [0.05, 0.1) is 0 Å². The van der Waals surface area contributed by atoms with Gasteiger partial charge in [0.15, 0.2) is 6.29 Å². The number of nitrogen functional groups attached to an aromatic ring is 1. The molecule has 2 heteroatoms. The van der Waals surface area contributed by atoms with E-state index >= 15 is 0 Å². The number of hydrogen-bond donors (Lipinski definition) is 1. The SMILES string of the molecule is Cc1ccc(-c2c(N)ccc(C=O)c2-c2ccc(C)cc2)cc1. The molecule has 2 nitrogen and oxygen atoms in total. The lowest BCUT2D eigenvalue weighted by Gasteiger charge is -2.16. The minimum Gasteiger partial charge on any atom is -0.398 e. The zero-order chi connectivity index (χ0) is 16.4. The quantitative estimate of drug-likeness (QED) is 0.544. The number of hydrogen-bond acceptors (Lipinski definition) is 2. The molecule has 0 aliphatic rings. The predicted molar refractivity (Wildman–Crippen MR) is 96.6 cm³/mol. The van der Waals surface area contributed by atoms with E-state index in [4.69, 9.17) is 5.73 Å². The molecule has 0 aliphatic heterocycles. The highest BCUT2D eigenvalue weighted by Crippen LogP contribution is 2.38. The van der Waals surface area contributed by atoms with Gasteiger partial charge >= 0.3 is 0 Å². The van der Waals surface area contributed by atoms with E-state index in [9.17, 15) is 4.79 Å². The molecule has 0 saturated heterocycles. The van der Waals surface area contributed by atoms with Gasteiger partial charge in [0.25, 0.3) is 0 Å². The largest absolute Gasteiger partial charge is 0.398 e. The number of carbonyl (C=O) groups excluding carboxylic acids is 1. The molecule has 0 aliphatic carbocycles. The molecule has 0 spiro atoms. The molecule has 0 aromatic heterocycles. The first kappa shape index (κ1) is 15.0. The fraction of sp³-hybridized carbons (Fsp3) is 0.0952. The summed E-state index contributed by atoms with van der Waals surface area (Å²) >= 11 is 0. The molecule has 114 valence electrons. The average molecular weight is 301 g/mol. The van der Waals surface area contributed by atoms with Crippen molar-refractivity contribution in [3.05, 3.63) is 77.4 Å². The molecule has 2 N–H and O–H groups in total. The summed E-state index contributed by atoms with van der Waals surface area (Å²) in [5.74, 6) is 0. The number of benzene rings is 3. The fourth-order valence-electron chi connectivity index (χ4n) is 2.80. The van der Waals surface area contributed by atoms with E-state index in [-0.39, 0.29) is 0 Å². The van der Waals surface area contributed by atoms with Crippen molar-refractivity contribution in [2.45, 2.75) is 13.8 Å². The molecule has 3 aromatic carbocycles. The highest BCUT2D eigenvalue weighted by atomic mass is 16.1. The first-order valence-corrected chi connectivity index (χ1v) is 7.62. The Kier molecular flexibility index (Phi) is 3.98. The molecular formula is C21H19NO. The third kappa shape index (κ3) is 2.88. The highest BCUT2D eigenvalue weighted by Gasteiger charge is 2.15. The Morgan fingerprint density at radius 2 is 1.17 bits per heavy atom. The van der Waals surface area contributed by atoms with Gasteiger partial charge in [0, 0.05) is 22.4 Å². The van der Waals surface area contributed by atoms with Crippen molar-refractivity contribution in [2.24, 2.45) is 0 Å². The third-order valence-corrected chi connectivity index (χ3v) is 4.08. The Labute approximate surface area is 136 Å². The van der Waals surface area contributed by atoms with Crippen molar-refractivity contribution in [1.82, 2.24) is 0 Å². The van der Waals surface area contributed by atoms with Gasteiger partial charge in [-0.1, -0.05) is 59.7 Å². The van der Waals surface area contributed by atoms with Crippen molar-refractivity contribution < 1.29 is 4.79 Å². The maximum absolute atomic E-state index is 11.6. The molecule has 3 aromatic rings. The van der Waals surface area contributed by atoms with E-state index in [1.54, 1.807) is 12.1 Å². The van der Waals surface area contributed by atoms with E-state index in [0.717, 1.165) is 28.5 Å². The van der Waals surface area contributed by atoms with Gasteiger partial charge in [0.2, 0.25) is 0 Å². The summed E-state index contributed by atoms with van der Waals surface area (Å²) in [6.07, 6.45) is 0.895. The summed E-state index contributed by atoms with van der Waals surface area (Å²) in [7, 11) is 0. The Morgan fingerprint density at radius 1 is 0.696 bits per heavy atom. The van der Waals surface area contributed by atoms with E-state index in [0.29, 0.717) is 11.3 Å². The van der Waals surface area contributed by atoms with Crippen LogP contribution in [0, 0.1) is 13.8 Å². The van der Waals surface area contributed by atoms with Crippen LogP contribution >= 0.6 is 0 Å². The first-order valence-electron chi connectivity index (χ1n) is 7.62. The first-order chi connectivity index (χ1) is 11.1. The van der Waals surface area contributed by atoms with Crippen molar-refractivity contribution in [1.29, 1.82) is 0 Å². The van der Waals surface area contributed by atoms with Crippen LogP contribution in [0.4, 0.5) is 5.69 Å². The number of aryl methyl sites for hydroxylation is 2. The lowest BCUT2D eigenvalue weighted by atomic mass is 9.89. The molecule has 23 heavy (non-hydrogen) atoms. The van der Waals surface area contributed by atoms with Crippen LogP contribution in [-0.4, -0.2) is 6.29 Å². The Hall–Kier alpha value is -2.87. The fourth-order valence-corrected chi connectivity index (χ4v) is 2.80. The smallest absolute Gasteiger partial charge is 0.150 e. The maximum atomic E-state index is 11.6. The lowest BCUT2D eigenvalue weighted by molar-refractivity contribution is 0.112. The molecule has 0 bridgehead atoms. The van der Waals surface area contributed by atoms with E-state index < -0.39 is 0 Å². The van der Waals surface area contributed by atoms with Gasteiger partial charge in [-0.25, -0.2) is 0 Å². The number of aldehydes is 1. The summed E-state index contributed by atoms with van der Waals surface area (Å²) in [4.78, 5) is 11.6. The molecule has 0 heterocycles. The van der Waals surface area contributed by atoms with E-state index in [1.807, 2.05) is 43.3 Å².